The number of nitrogens with two attached hydrogens (primary N) is 1. The molecule has 2 N–H and O–H groups in total. The number of rotatable bonds is 8. The van der Waals surface area contributed by atoms with E-state index in [0.717, 1.165) is 4.31 Å². The summed E-state index contributed by atoms with van der Waals surface area (Å²) in [4.78, 5) is 33.3. The van der Waals surface area contributed by atoms with E-state index in [1.807, 2.05) is 0 Å². The molecule has 5 rings (SSSR count). The van der Waals surface area contributed by atoms with Crippen LogP contribution in [-0.2, 0) is 25.2 Å². The maximum Gasteiger partial charge on any atom is 0.274 e. The molecule has 1 fully saturated rings. The second-order valence-electron chi connectivity index (χ2n) is 9.28. The quantitative estimate of drug-likeness (QED) is 0.421. The van der Waals surface area contributed by atoms with Gasteiger partial charge in [-0.15, -0.1) is 0 Å². The van der Waals surface area contributed by atoms with Gasteiger partial charge in [0.2, 0.25) is 11.8 Å². The van der Waals surface area contributed by atoms with E-state index in [9.17, 15) is 18.0 Å². The van der Waals surface area contributed by atoms with Gasteiger partial charge in [0, 0.05) is 35.0 Å². The Balaban J connectivity index is 1.85. The minimum atomic E-state index is -4.59. The van der Waals surface area contributed by atoms with Crippen molar-refractivity contribution in [1.29, 1.82) is 0 Å². The van der Waals surface area contributed by atoms with Crippen molar-refractivity contribution in [3.05, 3.63) is 70.9 Å². The minimum Gasteiger partial charge on any atom is -0.497 e. The summed E-state index contributed by atoms with van der Waals surface area (Å²) in [5, 5.41) is 0.259. The van der Waals surface area contributed by atoms with Gasteiger partial charge in [-0.1, -0.05) is 11.6 Å². The number of pyridine rings is 1. The summed E-state index contributed by atoms with van der Waals surface area (Å²) in [6.45, 7) is 0.267. The zero-order valence-corrected chi connectivity index (χ0v) is 23.5. The zero-order chi connectivity index (χ0) is 28.8. The number of carbonyl (C=O) groups is 2. The highest BCUT2D eigenvalue weighted by Gasteiger charge is 2.63. The fraction of sp³-hybridized carbons (Fsp3) is 0.296. The molecule has 2 atom stereocenters. The van der Waals surface area contributed by atoms with E-state index < -0.39 is 33.4 Å². The summed E-state index contributed by atoms with van der Waals surface area (Å²) in [5.41, 5.74) is 4.51. The van der Waals surface area contributed by atoms with E-state index >= 15 is 0 Å². The number of aromatic nitrogens is 1. The van der Waals surface area contributed by atoms with Gasteiger partial charge < -0.3 is 19.9 Å². The van der Waals surface area contributed by atoms with Gasteiger partial charge in [0.05, 0.1) is 33.1 Å². The maximum absolute atomic E-state index is 14.9. The van der Waals surface area contributed by atoms with E-state index in [-0.39, 0.29) is 44.9 Å². The van der Waals surface area contributed by atoms with Crippen molar-refractivity contribution in [3.8, 4) is 17.4 Å². The number of likely N-dealkylation sites (tertiary alicyclic amines) is 1. The number of fused-ring (bicyclic) bond motifs is 1. The first-order chi connectivity index (χ1) is 19.1. The summed E-state index contributed by atoms with van der Waals surface area (Å²) in [5.74, 6) is -1.07. The molecule has 0 radical (unpaired) electrons. The van der Waals surface area contributed by atoms with Gasteiger partial charge in [-0.25, -0.2) is 17.7 Å². The average Bonchev–Trinajstić information content (AvgIpc) is 3.54. The summed E-state index contributed by atoms with van der Waals surface area (Å²) in [7, 11) is -0.441. The highest BCUT2D eigenvalue weighted by atomic mass is 35.5. The lowest BCUT2D eigenvalue weighted by Crippen LogP contribution is -2.58. The van der Waals surface area contributed by atoms with Crippen LogP contribution in [0.25, 0.3) is 0 Å². The van der Waals surface area contributed by atoms with Crippen molar-refractivity contribution in [2.45, 2.75) is 29.3 Å². The molecule has 1 unspecified atom stereocenters. The molecule has 11 nitrogen and oxygen atoms in total. The standard InChI is InChI=1S/C27H27ClN4O7S/c1-37-17-9-11-23(22(15-17)38-2)40(35,36)32-20-10-8-16(28)14-19(20)27(26(32)34,18-6-4-12-30-25(18)39-3)31-13-5-7-21(31)24(29)33/h4,6,8-12,14-15,21H,5,7,13H2,1-3H3,(H2,29,33)/t21?,27-/m1/s1. The molecule has 3 heterocycles. The molecule has 0 spiro atoms. The summed E-state index contributed by atoms with van der Waals surface area (Å²) >= 11 is 6.45. The lowest BCUT2D eigenvalue weighted by molar-refractivity contribution is -0.131. The van der Waals surface area contributed by atoms with Crippen LogP contribution in [0.4, 0.5) is 5.69 Å². The van der Waals surface area contributed by atoms with Crippen molar-refractivity contribution in [3.63, 3.8) is 0 Å². The number of methoxy groups -OCH3 is 3. The van der Waals surface area contributed by atoms with Crippen LogP contribution in [0.1, 0.15) is 24.0 Å². The first-order valence-corrected chi connectivity index (χ1v) is 14.1. The Hall–Kier alpha value is -3.87. The molecule has 0 aliphatic carbocycles. The second kappa shape index (κ2) is 10.3. The highest BCUT2D eigenvalue weighted by molar-refractivity contribution is 7.93. The van der Waals surface area contributed by atoms with Crippen LogP contribution in [0, 0.1) is 0 Å². The van der Waals surface area contributed by atoms with Crippen molar-refractivity contribution in [2.24, 2.45) is 5.73 Å². The van der Waals surface area contributed by atoms with Crippen LogP contribution >= 0.6 is 11.6 Å². The van der Waals surface area contributed by atoms with Crippen LogP contribution in [-0.4, -0.2) is 64.0 Å². The molecule has 2 aliphatic heterocycles. The van der Waals surface area contributed by atoms with Gasteiger partial charge in [0.1, 0.15) is 16.4 Å². The predicted octanol–water partition coefficient (Wildman–Crippen LogP) is 2.69. The molecule has 1 saturated heterocycles. The lowest BCUT2D eigenvalue weighted by atomic mass is 9.81. The Morgan fingerprint density at radius 1 is 1.07 bits per heavy atom. The summed E-state index contributed by atoms with van der Waals surface area (Å²) < 4.78 is 45.6. The molecule has 1 aromatic heterocycles. The number of hydrogen-bond acceptors (Lipinski definition) is 9. The summed E-state index contributed by atoms with van der Waals surface area (Å²) in [6, 6.07) is 11.0. The first-order valence-electron chi connectivity index (χ1n) is 12.3. The van der Waals surface area contributed by atoms with E-state index in [0.29, 0.717) is 18.6 Å². The molecule has 13 heteroatoms. The molecular weight excluding hydrogens is 560 g/mol. The topological polar surface area (TPSA) is 141 Å². The number of benzene rings is 2. The Morgan fingerprint density at radius 2 is 1.85 bits per heavy atom. The van der Waals surface area contributed by atoms with Crippen molar-refractivity contribution in [1.82, 2.24) is 9.88 Å². The number of hydrogen-bond donors (Lipinski definition) is 1. The number of primary amides is 1. The van der Waals surface area contributed by atoms with Crippen LogP contribution in [0.2, 0.25) is 5.02 Å². The minimum absolute atomic E-state index is 0.0182. The molecule has 210 valence electrons. The SMILES string of the molecule is COc1ccc(S(=O)(=O)N2C(=O)[C@](c3cccnc3OC)(N3CCCC3C(N)=O)c3cc(Cl)ccc32)c(OC)c1. The van der Waals surface area contributed by atoms with E-state index in [2.05, 4.69) is 4.98 Å². The van der Waals surface area contributed by atoms with Crippen molar-refractivity contribution < 1.29 is 32.2 Å². The molecule has 40 heavy (non-hydrogen) atoms. The zero-order valence-electron chi connectivity index (χ0n) is 22.0. The normalized spacial score (nSPS) is 20.9. The van der Waals surface area contributed by atoms with Gasteiger partial charge in [-0.05, 0) is 55.3 Å². The van der Waals surface area contributed by atoms with E-state index in [1.54, 1.807) is 17.0 Å². The molecule has 3 aromatic rings. The Labute approximate surface area is 236 Å². The number of halogens is 1. The van der Waals surface area contributed by atoms with Crippen LogP contribution < -0.4 is 24.2 Å². The average molecular weight is 587 g/mol. The first kappa shape index (κ1) is 27.7. The molecular formula is C27H27ClN4O7S. The lowest BCUT2D eigenvalue weighted by Gasteiger charge is -2.40. The second-order valence-corrected chi connectivity index (χ2v) is 11.5. The van der Waals surface area contributed by atoms with E-state index in [1.165, 1.54) is 63.9 Å². The van der Waals surface area contributed by atoms with E-state index in [4.69, 9.17) is 31.5 Å². The monoisotopic (exact) mass is 586 g/mol. The smallest absolute Gasteiger partial charge is 0.274 e. The molecule has 0 saturated carbocycles. The maximum atomic E-state index is 14.9. The van der Waals surface area contributed by atoms with Gasteiger partial charge in [-0.2, -0.15) is 0 Å². The number of anilines is 1. The number of carbonyl (C=O) groups excluding carboxylic acids is 2. The number of nitrogens with zero attached hydrogens (tertiary/aromatic N) is 3. The molecule has 2 amide bonds. The third-order valence-electron chi connectivity index (χ3n) is 7.32. The van der Waals surface area contributed by atoms with Gasteiger partial charge in [-0.3, -0.25) is 14.5 Å². The predicted molar refractivity (Wildman–Crippen MR) is 146 cm³/mol. The molecule has 0 bridgehead atoms. The fourth-order valence-electron chi connectivity index (χ4n) is 5.66. The Kier molecular flexibility index (Phi) is 7.11. The number of sulfonamides is 1. The van der Waals surface area contributed by atoms with Crippen LogP contribution in [0.15, 0.2) is 59.6 Å². The number of ether oxygens (including phenoxy) is 3. The van der Waals surface area contributed by atoms with Gasteiger partial charge in [0.15, 0.2) is 5.54 Å². The Morgan fingerprint density at radius 3 is 2.52 bits per heavy atom. The summed E-state index contributed by atoms with van der Waals surface area (Å²) in [6.07, 6.45) is 2.41. The van der Waals surface area contributed by atoms with Crippen molar-refractivity contribution >= 4 is 39.1 Å². The molecule has 2 aliphatic rings. The number of amides is 2. The third-order valence-corrected chi connectivity index (χ3v) is 9.29. The Bertz CT molecular complexity index is 1620. The largest absolute Gasteiger partial charge is 0.497 e. The third kappa shape index (κ3) is 3.97. The van der Waals surface area contributed by atoms with Crippen LogP contribution in [0.5, 0.6) is 17.4 Å². The van der Waals surface area contributed by atoms with Crippen LogP contribution in [0.3, 0.4) is 0 Å². The van der Waals surface area contributed by atoms with Crippen molar-refractivity contribution in [2.75, 3.05) is 32.2 Å². The molecule has 2 aromatic carbocycles. The highest BCUT2D eigenvalue weighted by Crippen LogP contribution is 2.54. The van der Waals surface area contributed by atoms with Gasteiger partial charge >= 0.3 is 0 Å². The fourth-order valence-corrected chi connectivity index (χ4v) is 7.43. The van der Waals surface area contributed by atoms with Gasteiger partial charge in [0.25, 0.3) is 15.9 Å².